The molecule has 0 spiro atoms. The van der Waals surface area contributed by atoms with E-state index >= 15 is 0 Å². The molecule has 0 fully saturated rings. The van der Waals surface area contributed by atoms with E-state index in [2.05, 4.69) is 63.3 Å². The van der Waals surface area contributed by atoms with Crippen LogP contribution in [0.5, 0.6) is 0 Å². The lowest BCUT2D eigenvalue weighted by Crippen LogP contribution is -2.09. The van der Waals surface area contributed by atoms with Crippen LogP contribution >= 0.6 is 11.3 Å². The minimum Gasteiger partial charge on any atom is -0.361 e. The van der Waals surface area contributed by atoms with Crippen LogP contribution in [0.15, 0.2) is 30.3 Å². The SMILES string of the molecule is CCCCCc1sc(NCC(C)c2ccccc2)nc1C(C)C. The van der Waals surface area contributed by atoms with Crippen molar-refractivity contribution < 1.29 is 0 Å². The van der Waals surface area contributed by atoms with Gasteiger partial charge in [-0.2, -0.15) is 0 Å². The van der Waals surface area contributed by atoms with Crippen molar-refractivity contribution >= 4 is 16.5 Å². The molecule has 1 heterocycles. The van der Waals surface area contributed by atoms with E-state index in [-0.39, 0.29) is 0 Å². The van der Waals surface area contributed by atoms with E-state index in [1.165, 1.54) is 41.8 Å². The molecule has 1 aromatic heterocycles. The number of nitrogens with one attached hydrogen (secondary N) is 1. The lowest BCUT2D eigenvalue weighted by atomic mass is 10.0. The largest absolute Gasteiger partial charge is 0.361 e. The number of nitrogens with zero attached hydrogens (tertiary/aromatic N) is 1. The summed E-state index contributed by atoms with van der Waals surface area (Å²) < 4.78 is 0. The third-order valence-corrected chi connectivity index (χ3v) is 5.30. The molecule has 2 nitrogen and oxygen atoms in total. The van der Waals surface area contributed by atoms with Crippen molar-refractivity contribution in [3.63, 3.8) is 0 Å². The number of thiazole rings is 1. The van der Waals surface area contributed by atoms with Gasteiger partial charge in [-0.05, 0) is 30.2 Å². The second kappa shape index (κ2) is 9.07. The summed E-state index contributed by atoms with van der Waals surface area (Å²) in [4.78, 5) is 6.34. The molecule has 0 saturated heterocycles. The Balaban J connectivity index is 1.98. The van der Waals surface area contributed by atoms with Crippen molar-refractivity contribution in [2.24, 2.45) is 0 Å². The van der Waals surface area contributed by atoms with Gasteiger partial charge in [0.15, 0.2) is 5.13 Å². The molecule has 0 aliphatic rings. The Morgan fingerprint density at radius 1 is 1.09 bits per heavy atom. The highest BCUT2D eigenvalue weighted by Crippen LogP contribution is 2.30. The molecule has 1 aromatic carbocycles. The normalized spacial score (nSPS) is 12.6. The van der Waals surface area contributed by atoms with Gasteiger partial charge >= 0.3 is 0 Å². The van der Waals surface area contributed by atoms with E-state index in [1.54, 1.807) is 0 Å². The first-order valence-electron chi connectivity index (χ1n) is 8.90. The van der Waals surface area contributed by atoms with Crippen LogP contribution in [0, 0.1) is 0 Å². The molecule has 1 unspecified atom stereocenters. The number of aryl methyl sites for hydroxylation is 1. The Hall–Kier alpha value is -1.35. The fourth-order valence-electron chi connectivity index (χ4n) is 2.74. The lowest BCUT2D eigenvalue weighted by molar-refractivity contribution is 0.710. The average Bonchev–Trinajstić information content (AvgIpc) is 2.97. The van der Waals surface area contributed by atoms with Crippen LogP contribution < -0.4 is 5.32 Å². The first kappa shape index (κ1) is 18.0. The van der Waals surface area contributed by atoms with Crippen molar-refractivity contribution in [1.29, 1.82) is 0 Å². The maximum atomic E-state index is 4.86. The molecule has 1 atom stereocenters. The van der Waals surface area contributed by atoms with E-state index < -0.39 is 0 Å². The first-order valence-corrected chi connectivity index (χ1v) is 9.71. The number of hydrogen-bond donors (Lipinski definition) is 1. The van der Waals surface area contributed by atoms with Gasteiger partial charge in [-0.15, -0.1) is 11.3 Å². The first-order chi connectivity index (χ1) is 11.1. The predicted octanol–water partition coefficient (Wildman–Crippen LogP) is 6.21. The minimum atomic E-state index is 0.492. The maximum absolute atomic E-state index is 4.86. The zero-order chi connectivity index (χ0) is 16.7. The van der Waals surface area contributed by atoms with Gasteiger partial charge in [-0.3, -0.25) is 0 Å². The molecular weight excluding hydrogens is 300 g/mol. The van der Waals surface area contributed by atoms with E-state index in [9.17, 15) is 0 Å². The van der Waals surface area contributed by atoms with Crippen molar-refractivity contribution in [1.82, 2.24) is 4.98 Å². The number of hydrogen-bond acceptors (Lipinski definition) is 3. The molecule has 0 amide bonds. The Labute approximate surface area is 145 Å². The summed E-state index contributed by atoms with van der Waals surface area (Å²) in [5.74, 6) is 0.996. The molecular formula is C20H30N2S. The summed E-state index contributed by atoms with van der Waals surface area (Å²) in [5, 5.41) is 4.64. The number of rotatable bonds is 9. The van der Waals surface area contributed by atoms with Gasteiger partial charge in [-0.25, -0.2) is 4.98 Å². The zero-order valence-corrected chi connectivity index (χ0v) is 15.7. The van der Waals surface area contributed by atoms with Crippen LogP contribution in [-0.4, -0.2) is 11.5 Å². The van der Waals surface area contributed by atoms with Crippen LogP contribution in [0.1, 0.15) is 74.9 Å². The molecule has 2 aromatic rings. The minimum absolute atomic E-state index is 0.492. The van der Waals surface area contributed by atoms with Crippen LogP contribution in [0.3, 0.4) is 0 Å². The van der Waals surface area contributed by atoms with Crippen molar-refractivity contribution in [2.75, 3.05) is 11.9 Å². The lowest BCUT2D eigenvalue weighted by Gasteiger charge is -2.12. The Morgan fingerprint density at radius 2 is 1.83 bits per heavy atom. The second-order valence-electron chi connectivity index (χ2n) is 6.63. The zero-order valence-electron chi connectivity index (χ0n) is 14.9. The van der Waals surface area contributed by atoms with E-state index in [0.29, 0.717) is 11.8 Å². The van der Waals surface area contributed by atoms with Gasteiger partial charge < -0.3 is 5.32 Å². The van der Waals surface area contributed by atoms with Gasteiger partial charge in [0.1, 0.15) is 0 Å². The molecule has 0 aliphatic heterocycles. The summed E-state index contributed by atoms with van der Waals surface area (Å²) >= 11 is 1.85. The predicted molar refractivity (Wildman–Crippen MR) is 103 cm³/mol. The highest BCUT2D eigenvalue weighted by Gasteiger charge is 2.14. The van der Waals surface area contributed by atoms with E-state index in [4.69, 9.17) is 4.98 Å². The Kier molecular flexibility index (Phi) is 7.10. The third-order valence-electron chi connectivity index (χ3n) is 4.21. The summed E-state index contributed by atoms with van der Waals surface area (Å²) in [6.45, 7) is 9.95. The molecule has 0 bridgehead atoms. The average molecular weight is 331 g/mol. The standard InChI is InChI=1S/C20H30N2S/c1-5-6-8-13-18-19(15(2)3)22-20(23-18)21-14-16(4)17-11-9-7-10-12-17/h7,9-12,15-16H,5-6,8,13-14H2,1-4H3,(H,21,22). The van der Waals surface area contributed by atoms with Crippen molar-refractivity contribution in [2.45, 2.75) is 65.2 Å². The van der Waals surface area contributed by atoms with Crippen LogP contribution in [0.25, 0.3) is 0 Å². The Bertz CT molecular complexity index is 575. The topological polar surface area (TPSA) is 24.9 Å². The summed E-state index contributed by atoms with van der Waals surface area (Å²) in [5.41, 5.74) is 2.67. The van der Waals surface area contributed by atoms with Gasteiger partial charge in [0.2, 0.25) is 0 Å². The Morgan fingerprint density at radius 3 is 2.48 bits per heavy atom. The highest BCUT2D eigenvalue weighted by molar-refractivity contribution is 7.15. The molecule has 23 heavy (non-hydrogen) atoms. The van der Waals surface area contributed by atoms with Gasteiger partial charge in [0.05, 0.1) is 5.69 Å². The van der Waals surface area contributed by atoms with Crippen molar-refractivity contribution in [3.8, 4) is 0 Å². The van der Waals surface area contributed by atoms with Crippen LogP contribution in [0.4, 0.5) is 5.13 Å². The van der Waals surface area contributed by atoms with E-state index in [0.717, 1.165) is 11.7 Å². The molecule has 3 heteroatoms. The summed E-state index contributed by atoms with van der Waals surface area (Å²) in [7, 11) is 0. The monoisotopic (exact) mass is 330 g/mol. The van der Waals surface area contributed by atoms with Gasteiger partial charge in [-0.1, -0.05) is 70.9 Å². The molecule has 126 valence electrons. The molecule has 0 saturated carbocycles. The van der Waals surface area contributed by atoms with Gasteiger partial charge in [0.25, 0.3) is 0 Å². The summed E-state index contributed by atoms with van der Waals surface area (Å²) in [6, 6.07) is 10.7. The third kappa shape index (κ3) is 5.35. The number of benzene rings is 1. The van der Waals surface area contributed by atoms with Gasteiger partial charge in [0, 0.05) is 11.4 Å². The van der Waals surface area contributed by atoms with E-state index in [1.807, 2.05) is 11.3 Å². The number of anilines is 1. The molecule has 2 rings (SSSR count). The van der Waals surface area contributed by atoms with Crippen molar-refractivity contribution in [3.05, 3.63) is 46.5 Å². The number of unbranched alkanes of at least 4 members (excludes halogenated alkanes) is 2. The maximum Gasteiger partial charge on any atom is 0.183 e. The molecule has 0 aliphatic carbocycles. The fraction of sp³-hybridized carbons (Fsp3) is 0.550. The van der Waals surface area contributed by atoms with Crippen LogP contribution in [-0.2, 0) is 6.42 Å². The molecule has 0 radical (unpaired) electrons. The van der Waals surface area contributed by atoms with Crippen LogP contribution in [0.2, 0.25) is 0 Å². The quantitative estimate of drug-likeness (QED) is 0.552. The smallest absolute Gasteiger partial charge is 0.183 e. The summed E-state index contributed by atoms with van der Waals surface area (Å²) in [6.07, 6.45) is 5.03. The number of aromatic nitrogens is 1. The highest BCUT2D eigenvalue weighted by atomic mass is 32.1. The fourth-order valence-corrected chi connectivity index (χ4v) is 3.91. The molecule has 1 N–H and O–H groups in total. The second-order valence-corrected chi connectivity index (χ2v) is 7.72.